The minimum Gasteiger partial charge on any atom is -0.497 e. The summed E-state index contributed by atoms with van der Waals surface area (Å²) in [5.74, 6) is -1.50. The fourth-order valence-corrected chi connectivity index (χ4v) is 9.95. The summed E-state index contributed by atoms with van der Waals surface area (Å²) in [5.41, 5.74) is 0.985. The molecular formula is C44H59N7O8S. The fourth-order valence-electron chi connectivity index (χ4n) is 8.59. The number of carbonyl (C=O) groups excluding carboxylic acids is 4. The van der Waals surface area contributed by atoms with E-state index in [0.717, 1.165) is 42.4 Å². The minimum absolute atomic E-state index is 0.00833. The van der Waals surface area contributed by atoms with Gasteiger partial charge in [-0.1, -0.05) is 58.7 Å². The summed E-state index contributed by atoms with van der Waals surface area (Å²) in [5, 5.41) is 15.3. The van der Waals surface area contributed by atoms with Crippen LogP contribution in [0.5, 0.6) is 5.75 Å². The van der Waals surface area contributed by atoms with Gasteiger partial charge in [0, 0.05) is 24.1 Å². The summed E-state index contributed by atoms with van der Waals surface area (Å²) in [6.45, 7) is 11.1. The highest BCUT2D eigenvalue weighted by molar-refractivity contribution is 7.91. The Kier molecular flexibility index (Phi) is 11.8. The van der Waals surface area contributed by atoms with Gasteiger partial charge in [0.05, 0.1) is 18.4 Å². The zero-order chi connectivity index (χ0) is 43.2. The fraction of sp³-hybridized carbons (Fsp3) is 0.591. The van der Waals surface area contributed by atoms with Gasteiger partial charge in [0.15, 0.2) is 0 Å². The average Bonchev–Trinajstić information content (AvgIpc) is 4.08. The number of amides is 4. The molecule has 0 radical (unpaired) electrons. The van der Waals surface area contributed by atoms with E-state index in [2.05, 4.69) is 27.5 Å². The van der Waals surface area contributed by atoms with Gasteiger partial charge >= 0.3 is 6.09 Å². The van der Waals surface area contributed by atoms with Gasteiger partial charge in [0.2, 0.25) is 21.8 Å². The smallest absolute Gasteiger partial charge is 0.408 e. The number of hydrogen-bond donors (Lipinski definition) is 3. The van der Waals surface area contributed by atoms with E-state index >= 15 is 0 Å². The molecular weight excluding hydrogens is 787 g/mol. The Morgan fingerprint density at radius 3 is 2.33 bits per heavy atom. The lowest BCUT2D eigenvalue weighted by molar-refractivity contribution is -0.143. The number of cyclic esters (lactones) is 1. The first-order valence-corrected chi connectivity index (χ1v) is 22.8. The second kappa shape index (κ2) is 16.5. The van der Waals surface area contributed by atoms with Gasteiger partial charge in [-0.05, 0) is 106 Å². The lowest BCUT2D eigenvalue weighted by Gasteiger charge is -2.36. The number of alkyl carbamates (subject to hydrolysis) is 1. The van der Waals surface area contributed by atoms with Gasteiger partial charge in [0.25, 0.3) is 5.91 Å². The molecule has 3 aromatic rings. The number of carbonyl (C=O) groups is 4. The van der Waals surface area contributed by atoms with Crippen molar-refractivity contribution in [3.63, 3.8) is 0 Å². The summed E-state index contributed by atoms with van der Waals surface area (Å²) < 4.78 is 39.4. The molecule has 60 heavy (non-hydrogen) atoms. The molecule has 2 aliphatic carbocycles. The molecule has 324 valence electrons. The molecule has 7 rings (SSSR count). The van der Waals surface area contributed by atoms with E-state index < -0.39 is 73.8 Å². The summed E-state index contributed by atoms with van der Waals surface area (Å²) in [6, 6.07) is 12.9. The van der Waals surface area contributed by atoms with E-state index in [1.54, 1.807) is 11.9 Å². The molecule has 15 nitrogen and oxygen atoms in total. The van der Waals surface area contributed by atoms with Crippen molar-refractivity contribution in [2.75, 3.05) is 13.7 Å². The Hall–Kier alpha value is -4.99. The Morgan fingerprint density at radius 2 is 1.70 bits per heavy atom. The van der Waals surface area contributed by atoms with Gasteiger partial charge in [-0.2, -0.15) is 15.0 Å². The van der Waals surface area contributed by atoms with Crippen molar-refractivity contribution in [3.05, 3.63) is 54.1 Å². The summed E-state index contributed by atoms with van der Waals surface area (Å²) in [6.07, 6.45) is 5.22. The second-order valence-corrected chi connectivity index (χ2v) is 20.6. The quantitative estimate of drug-likeness (QED) is 0.254. The number of ether oxygens (including phenoxy) is 2. The summed E-state index contributed by atoms with van der Waals surface area (Å²) >= 11 is 0. The van der Waals surface area contributed by atoms with Crippen LogP contribution >= 0.6 is 0 Å². The summed E-state index contributed by atoms with van der Waals surface area (Å²) in [7, 11) is -2.28. The van der Waals surface area contributed by atoms with Gasteiger partial charge in [-0.3, -0.25) is 19.1 Å². The number of benzene rings is 2. The number of hydrogen-bond acceptors (Lipinski definition) is 10. The number of aromatic nitrogens is 3. The molecule has 1 saturated heterocycles. The van der Waals surface area contributed by atoms with E-state index in [9.17, 15) is 27.6 Å². The monoisotopic (exact) mass is 845 g/mol. The molecule has 2 aromatic carbocycles. The molecule has 1 aromatic heterocycles. The van der Waals surface area contributed by atoms with E-state index in [-0.39, 0.29) is 25.3 Å². The number of aryl methyl sites for hydroxylation is 1. The minimum atomic E-state index is -3.89. The SMILES string of the molecule is CC[C@@H]1C[C@]1(NC(=O)[C@@H]1C[C@@H]2CN1C(=O)[C@H](C(C)(C)C)NC(=O)OC(C)(C)CCCCCc1cccc(c1)-c1nn2nc1-c1ccc(OC)cc1)C(=O)NS(=O)(=O)C1CC1. The third-order valence-corrected chi connectivity index (χ3v) is 14.2. The maximum atomic E-state index is 14.9. The van der Waals surface area contributed by atoms with Crippen LogP contribution in [0.1, 0.15) is 111 Å². The Bertz CT molecular complexity index is 2230. The standard InChI is InChI=1S/C44H59N7O8S/c1-8-30-25-44(30,40(54)49-60(56,57)33-20-21-33)46-38(52)34-24-31-26-50(34)39(53)37(42(2,3)4)45-41(55)59-43(5,6)22-11-9-10-13-27-14-12-15-29(23-27)36-35(47-51(31)48-36)28-16-18-32(58-7)19-17-28/h12,14-19,23,30-31,33-34,37H,8-11,13,20-22,24-26H2,1-7H3,(H,45,55)(H,46,52)(H,49,54)/t30-,31-,34+,37-,44-/m1/s1. The number of nitrogens with zero attached hydrogens (tertiary/aromatic N) is 4. The number of nitrogens with one attached hydrogen (secondary N) is 3. The average molecular weight is 846 g/mol. The Morgan fingerprint density at radius 1 is 1.00 bits per heavy atom. The molecule has 4 aliphatic rings. The lowest BCUT2D eigenvalue weighted by atomic mass is 9.85. The highest BCUT2D eigenvalue weighted by Gasteiger charge is 2.62. The predicted octanol–water partition coefficient (Wildman–Crippen LogP) is 5.69. The van der Waals surface area contributed by atoms with Gasteiger partial charge in [-0.15, -0.1) is 0 Å². The van der Waals surface area contributed by atoms with Crippen molar-refractivity contribution in [2.45, 2.75) is 140 Å². The predicted molar refractivity (Wildman–Crippen MR) is 225 cm³/mol. The molecule has 4 amide bonds. The second-order valence-electron chi connectivity index (χ2n) is 18.6. The molecule has 3 heterocycles. The van der Waals surface area contributed by atoms with Gasteiger partial charge < -0.3 is 25.0 Å². The molecule has 5 atom stereocenters. The van der Waals surface area contributed by atoms with Gasteiger partial charge in [-0.25, -0.2) is 13.2 Å². The van der Waals surface area contributed by atoms with Crippen molar-refractivity contribution in [1.82, 2.24) is 35.2 Å². The van der Waals surface area contributed by atoms with E-state index in [1.165, 1.54) is 4.90 Å². The van der Waals surface area contributed by atoms with Crippen molar-refractivity contribution >= 4 is 33.8 Å². The largest absolute Gasteiger partial charge is 0.497 e. The van der Waals surface area contributed by atoms with Crippen LogP contribution in [0.3, 0.4) is 0 Å². The van der Waals surface area contributed by atoms with Crippen LogP contribution in [-0.2, 0) is 35.6 Å². The van der Waals surface area contributed by atoms with Crippen LogP contribution < -0.4 is 20.1 Å². The lowest BCUT2D eigenvalue weighted by Crippen LogP contribution is -2.60. The van der Waals surface area contributed by atoms with Crippen LogP contribution in [0.25, 0.3) is 22.5 Å². The molecule has 6 bridgehead atoms. The maximum absolute atomic E-state index is 14.9. The highest BCUT2D eigenvalue weighted by Crippen LogP contribution is 2.47. The molecule has 0 unspecified atom stereocenters. The number of methoxy groups -OCH3 is 1. The Balaban J connectivity index is 1.29. The molecule has 3 fully saturated rings. The zero-order valence-electron chi connectivity index (χ0n) is 35.7. The van der Waals surface area contributed by atoms with E-state index in [1.807, 2.05) is 77.9 Å². The highest BCUT2D eigenvalue weighted by atomic mass is 32.2. The first-order valence-electron chi connectivity index (χ1n) is 21.2. The van der Waals surface area contributed by atoms with Crippen LogP contribution in [-0.4, -0.2) is 94.3 Å². The van der Waals surface area contributed by atoms with Crippen LogP contribution in [0.4, 0.5) is 4.79 Å². The number of sulfonamides is 1. The van der Waals surface area contributed by atoms with Crippen molar-refractivity contribution in [1.29, 1.82) is 0 Å². The summed E-state index contributed by atoms with van der Waals surface area (Å²) in [4.78, 5) is 59.9. The molecule has 2 aliphatic heterocycles. The third-order valence-electron chi connectivity index (χ3n) is 12.4. The van der Waals surface area contributed by atoms with Crippen LogP contribution in [0, 0.1) is 11.3 Å². The van der Waals surface area contributed by atoms with E-state index in [4.69, 9.17) is 19.7 Å². The zero-order valence-corrected chi connectivity index (χ0v) is 36.6. The molecule has 3 N–H and O–H groups in total. The molecule has 2 saturated carbocycles. The van der Waals surface area contributed by atoms with Crippen molar-refractivity contribution in [2.24, 2.45) is 11.3 Å². The number of fused-ring (bicyclic) bond motifs is 8. The normalized spacial score (nSPS) is 26.0. The first kappa shape index (κ1) is 43.1. The third kappa shape index (κ3) is 9.18. The van der Waals surface area contributed by atoms with Crippen molar-refractivity contribution in [3.8, 4) is 28.3 Å². The molecule has 0 spiro atoms. The topological polar surface area (TPSA) is 191 Å². The van der Waals surface area contributed by atoms with E-state index in [0.29, 0.717) is 42.8 Å². The maximum Gasteiger partial charge on any atom is 0.408 e. The number of rotatable bonds is 8. The van der Waals surface area contributed by atoms with Crippen LogP contribution in [0.15, 0.2) is 48.5 Å². The van der Waals surface area contributed by atoms with Gasteiger partial charge in [0.1, 0.15) is 40.4 Å². The Labute approximate surface area is 352 Å². The van der Waals surface area contributed by atoms with Crippen molar-refractivity contribution < 1.29 is 37.1 Å². The molecule has 16 heteroatoms. The van der Waals surface area contributed by atoms with Crippen LogP contribution in [0.2, 0.25) is 0 Å². The first-order chi connectivity index (χ1) is 28.3.